The van der Waals surface area contributed by atoms with Crippen molar-refractivity contribution in [1.82, 2.24) is 4.90 Å². The Bertz CT molecular complexity index is 885. The van der Waals surface area contributed by atoms with E-state index in [9.17, 15) is 9.90 Å². The number of likely N-dealkylation sites (tertiary alicyclic amines) is 1. The van der Waals surface area contributed by atoms with E-state index in [0.717, 1.165) is 62.4 Å². The number of esters is 1. The van der Waals surface area contributed by atoms with Gasteiger partial charge in [-0.3, -0.25) is 4.90 Å². The summed E-state index contributed by atoms with van der Waals surface area (Å²) in [6.45, 7) is 7.28. The lowest BCUT2D eigenvalue weighted by Gasteiger charge is -2.39. The number of carbonyl (C=O) groups is 1. The van der Waals surface area contributed by atoms with E-state index in [4.69, 9.17) is 9.47 Å². The predicted molar refractivity (Wildman–Crippen MR) is 142 cm³/mol. The fourth-order valence-electron chi connectivity index (χ4n) is 4.11. The van der Waals surface area contributed by atoms with Crippen LogP contribution in [0.3, 0.4) is 0 Å². The van der Waals surface area contributed by atoms with Gasteiger partial charge in [-0.1, -0.05) is 12.1 Å². The molecule has 0 bridgehead atoms. The van der Waals surface area contributed by atoms with Crippen molar-refractivity contribution in [2.24, 2.45) is 0 Å². The van der Waals surface area contributed by atoms with Crippen molar-refractivity contribution in [3.05, 3.63) is 59.7 Å². The van der Waals surface area contributed by atoms with Gasteiger partial charge >= 0.3 is 5.97 Å². The molecular weight excluding hydrogens is 475 g/mol. The number of anilines is 1. The Morgan fingerprint density at radius 2 is 1.76 bits per heavy atom. The smallest absolute Gasteiger partial charge is 0.337 e. The monoisotopic (exact) mass is 512 g/mol. The number of hydrogen-bond donors (Lipinski definition) is 1. The number of ether oxygens (including phenoxy) is 2. The minimum atomic E-state index is -0.640. The van der Waals surface area contributed by atoms with Gasteiger partial charge in [-0.2, -0.15) is 0 Å². The predicted octanol–water partition coefficient (Wildman–Crippen LogP) is 4.96. The Hall–Kier alpha value is -1.99. The van der Waals surface area contributed by atoms with E-state index < -0.39 is 5.60 Å². The van der Waals surface area contributed by atoms with Gasteiger partial charge in [-0.15, -0.1) is 24.8 Å². The van der Waals surface area contributed by atoms with E-state index in [1.54, 1.807) is 6.07 Å². The van der Waals surface area contributed by atoms with Gasteiger partial charge in [-0.25, -0.2) is 4.79 Å². The van der Waals surface area contributed by atoms with Gasteiger partial charge in [0.05, 0.1) is 24.4 Å². The van der Waals surface area contributed by atoms with E-state index in [-0.39, 0.29) is 36.9 Å². The van der Waals surface area contributed by atoms with Crippen LogP contribution in [-0.2, 0) is 11.3 Å². The summed E-state index contributed by atoms with van der Waals surface area (Å²) in [5, 5.41) is 11.1. The molecule has 0 atom stereocenters. The summed E-state index contributed by atoms with van der Waals surface area (Å²) in [5.41, 5.74) is 2.14. The number of piperidine rings is 1. The van der Waals surface area contributed by atoms with Gasteiger partial charge in [0.1, 0.15) is 5.75 Å². The van der Waals surface area contributed by atoms with Crippen LogP contribution in [0.25, 0.3) is 0 Å². The maximum atomic E-state index is 11.8. The van der Waals surface area contributed by atoms with Gasteiger partial charge in [0.15, 0.2) is 0 Å². The molecular formula is C26H38Cl2N2O4. The lowest BCUT2D eigenvalue weighted by atomic mass is 9.88. The first-order chi connectivity index (χ1) is 15.3. The normalized spacial score (nSPS) is 15.1. The van der Waals surface area contributed by atoms with Crippen molar-refractivity contribution in [2.45, 2.75) is 51.4 Å². The molecule has 0 radical (unpaired) electrons. The van der Waals surface area contributed by atoms with Crippen LogP contribution in [0.1, 0.15) is 49.0 Å². The zero-order valence-electron chi connectivity index (χ0n) is 20.5. The van der Waals surface area contributed by atoms with Crippen molar-refractivity contribution >= 4 is 36.5 Å². The number of benzene rings is 2. The van der Waals surface area contributed by atoms with Crippen molar-refractivity contribution in [3.63, 3.8) is 0 Å². The van der Waals surface area contributed by atoms with Crippen LogP contribution in [0.5, 0.6) is 5.75 Å². The molecule has 0 unspecified atom stereocenters. The van der Waals surface area contributed by atoms with Gasteiger partial charge < -0.3 is 19.5 Å². The number of carbonyl (C=O) groups excluding carboxylic acids is 1. The number of methoxy groups -OCH3 is 1. The Balaban J connectivity index is 0.00000289. The second-order valence-electron chi connectivity index (χ2n) is 9.02. The van der Waals surface area contributed by atoms with E-state index in [1.165, 1.54) is 7.11 Å². The summed E-state index contributed by atoms with van der Waals surface area (Å²) in [4.78, 5) is 16.3. The number of nitrogens with zero attached hydrogens (tertiary/aromatic N) is 2. The summed E-state index contributed by atoms with van der Waals surface area (Å²) in [5.74, 6) is 0.561. The maximum Gasteiger partial charge on any atom is 0.337 e. The topological polar surface area (TPSA) is 62.2 Å². The van der Waals surface area contributed by atoms with Gasteiger partial charge in [0.2, 0.25) is 0 Å². The molecule has 8 heteroatoms. The van der Waals surface area contributed by atoms with Crippen LogP contribution in [0.4, 0.5) is 5.69 Å². The molecule has 0 spiro atoms. The van der Waals surface area contributed by atoms with Gasteiger partial charge in [0, 0.05) is 38.9 Å². The third kappa shape index (κ3) is 8.66. The fraction of sp³-hybridized carbons (Fsp3) is 0.500. The van der Waals surface area contributed by atoms with E-state index in [0.29, 0.717) is 5.56 Å². The standard InChI is InChI=1S/C26H36N2O4.2ClH/c1-20(2)32-24-10-8-23(9-11-24)27(3)15-12-26(30)13-16-28(17-14-26)19-21-6-5-7-22(18-21)25(29)31-4;;/h5-11,18,20,30H,12-17,19H2,1-4H3;2*1H. The zero-order chi connectivity index (χ0) is 23.1. The van der Waals surface area contributed by atoms with Gasteiger partial charge in [-0.05, 0) is 75.1 Å². The quantitative estimate of drug-likeness (QED) is 0.479. The Kier molecular flexibility index (Phi) is 12.2. The third-order valence-electron chi connectivity index (χ3n) is 6.10. The molecule has 0 aliphatic carbocycles. The minimum Gasteiger partial charge on any atom is -0.491 e. The molecule has 1 heterocycles. The lowest BCUT2D eigenvalue weighted by Crippen LogP contribution is -2.45. The molecule has 1 aliphatic rings. The Morgan fingerprint density at radius 3 is 2.35 bits per heavy atom. The second kappa shape index (κ2) is 13.8. The van der Waals surface area contributed by atoms with E-state index >= 15 is 0 Å². The first-order valence-corrected chi connectivity index (χ1v) is 11.4. The van der Waals surface area contributed by atoms with E-state index in [2.05, 4.69) is 29.0 Å². The number of hydrogen-bond acceptors (Lipinski definition) is 6. The molecule has 0 saturated carbocycles. The van der Waals surface area contributed by atoms with Crippen molar-refractivity contribution < 1.29 is 19.4 Å². The highest BCUT2D eigenvalue weighted by Crippen LogP contribution is 2.28. The number of halogens is 2. The fourth-order valence-corrected chi connectivity index (χ4v) is 4.11. The Morgan fingerprint density at radius 1 is 1.12 bits per heavy atom. The average molecular weight is 514 g/mol. The van der Waals surface area contributed by atoms with Crippen LogP contribution >= 0.6 is 24.8 Å². The highest BCUT2D eigenvalue weighted by atomic mass is 35.5. The minimum absolute atomic E-state index is 0. The molecule has 1 aliphatic heterocycles. The molecule has 190 valence electrons. The molecule has 2 aromatic rings. The SMILES string of the molecule is COC(=O)c1cccc(CN2CCC(O)(CCN(C)c3ccc(OC(C)C)cc3)CC2)c1.Cl.Cl. The molecule has 6 nitrogen and oxygen atoms in total. The average Bonchev–Trinajstić information content (AvgIpc) is 2.79. The van der Waals surface area contributed by atoms with Crippen LogP contribution in [0.2, 0.25) is 0 Å². The summed E-state index contributed by atoms with van der Waals surface area (Å²) in [6.07, 6.45) is 2.40. The number of aliphatic hydroxyl groups is 1. The lowest BCUT2D eigenvalue weighted by molar-refractivity contribution is -0.0275. The molecule has 1 fully saturated rings. The third-order valence-corrected chi connectivity index (χ3v) is 6.10. The largest absolute Gasteiger partial charge is 0.491 e. The molecule has 0 amide bonds. The molecule has 2 aromatic carbocycles. The van der Waals surface area contributed by atoms with Crippen LogP contribution in [0.15, 0.2) is 48.5 Å². The van der Waals surface area contributed by atoms with Gasteiger partial charge in [0.25, 0.3) is 0 Å². The molecule has 1 N–H and O–H groups in total. The van der Waals surface area contributed by atoms with Crippen molar-refractivity contribution in [3.8, 4) is 5.75 Å². The molecule has 3 rings (SSSR count). The molecule has 1 saturated heterocycles. The molecule has 34 heavy (non-hydrogen) atoms. The number of rotatable bonds is 9. The molecule has 0 aromatic heterocycles. The second-order valence-corrected chi connectivity index (χ2v) is 9.02. The highest BCUT2D eigenvalue weighted by Gasteiger charge is 2.32. The van der Waals surface area contributed by atoms with Crippen molar-refractivity contribution in [1.29, 1.82) is 0 Å². The Labute approximate surface area is 216 Å². The highest BCUT2D eigenvalue weighted by molar-refractivity contribution is 5.89. The first-order valence-electron chi connectivity index (χ1n) is 11.4. The van der Waals surface area contributed by atoms with Crippen LogP contribution < -0.4 is 9.64 Å². The summed E-state index contributed by atoms with van der Waals surface area (Å²) in [6, 6.07) is 15.7. The first kappa shape index (κ1) is 30.0. The van der Waals surface area contributed by atoms with Crippen LogP contribution in [0, 0.1) is 0 Å². The summed E-state index contributed by atoms with van der Waals surface area (Å²) >= 11 is 0. The van der Waals surface area contributed by atoms with Crippen LogP contribution in [-0.4, -0.2) is 61.5 Å². The zero-order valence-corrected chi connectivity index (χ0v) is 22.2. The van der Waals surface area contributed by atoms with E-state index in [1.807, 2.05) is 44.2 Å². The van der Waals surface area contributed by atoms with Crippen molar-refractivity contribution in [2.75, 3.05) is 38.7 Å². The summed E-state index contributed by atoms with van der Waals surface area (Å²) in [7, 11) is 3.46. The summed E-state index contributed by atoms with van der Waals surface area (Å²) < 4.78 is 10.5. The maximum absolute atomic E-state index is 11.8.